The normalized spacial score (nSPS) is 11.6. The Balaban J connectivity index is 2.72. The maximum atomic E-state index is 13.3. The molecule has 0 unspecified atom stereocenters. The Bertz CT molecular complexity index is 878. The molecule has 1 N–H and O–H groups in total. The molecule has 1 aromatic carbocycles. The molecule has 25 heavy (non-hydrogen) atoms. The van der Waals surface area contributed by atoms with Gasteiger partial charge >= 0.3 is 0 Å². The largest absolute Gasteiger partial charge is 0.331 e. The van der Waals surface area contributed by atoms with Crippen molar-refractivity contribution < 1.29 is 13.2 Å². The third-order valence-electron chi connectivity index (χ3n) is 4.40. The number of amides is 1. The summed E-state index contributed by atoms with van der Waals surface area (Å²) in [5.41, 5.74) is 2.54. The van der Waals surface area contributed by atoms with Gasteiger partial charge in [-0.1, -0.05) is 31.5 Å². The zero-order chi connectivity index (χ0) is 18.8. The molecule has 0 bridgehead atoms. The standard InChI is InChI=1S/C19H26N2O3S/c1-6-12-21-15(5)14(4)18(19(21)20-17(22)7-2)25(23,24)16-10-8-13(3)9-11-16/h8-11H,6-7,12H2,1-5H3,(H,20,22). The van der Waals surface area contributed by atoms with Gasteiger partial charge in [0.15, 0.2) is 0 Å². The quantitative estimate of drug-likeness (QED) is 0.844. The molecule has 2 aromatic rings. The lowest BCUT2D eigenvalue weighted by Gasteiger charge is -2.13. The molecule has 0 radical (unpaired) electrons. The van der Waals surface area contributed by atoms with Crippen LogP contribution < -0.4 is 5.32 Å². The van der Waals surface area contributed by atoms with Crippen LogP contribution in [0.4, 0.5) is 5.82 Å². The highest BCUT2D eigenvalue weighted by Gasteiger charge is 2.30. The highest BCUT2D eigenvalue weighted by atomic mass is 32.2. The van der Waals surface area contributed by atoms with Crippen LogP contribution in [-0.2, 0) is 21.2 Å². The number of sulfone groups is 1. The van der Waals surface area contributed by atoms with Crippen LogP contribution in [0.3, 0.4) is 0 Å². The summed E-state index contributed by atoms with van der Waals surface area (Å²) >= 11 is 0. The predicted octanol–water partition coefficient (Wildman–Crippen LogP) is 4.00. The first-order chi connectivity index (χ1) is 11.7. The van der Waals surface area contributed by atoms with Crippen LogP contribution in [0.5, 0.6) is 0 Å². The van der Waals surface area contributed by atoms with Crippen LogP contribution in [0.15, 0.2) is 34.1 Å². The molecule has 0 aliphatic heterocycles. The van der Waals surface area contributed by atoms with Crippen LogP contribution in [0, 0.1) is 20.8 Å². The SMILES string of the molecule is CCCn1c(C)c(C)c(S(=O)(=O)c2ccc(C)cc2)c1NC(=O)CC. The second-order valence-electron chi connectivity index (χ2n) is 6.26. The number of hydrogen-bond acceptors (Lipinski definition) is 3. The van der Waals surface area contributed by atoms with Crippen molar-refractivity contribution >= 4 is 21.6 Å². The van der Waals surface area contributed by atoms with Crippen LogP contribution in [0.25, 0.3) is 0 Å². The smallest absolute Gasteiger partial charge is 0.225 e. The zero-order valence-electron chi connectivity index (χ0n) is 15.5. The van der Waals surface area contributed by atoms with Crippen molar-refractivity contribution in [3.63, 3.8) is 0 Å². The minimum absolute atomic E-state index is 0.198. The van der Waals surface area contributed by atoms with Crippen LogP contribution in [-0.4, -0.2) is 18.9 Å². The number of carbonyl (C=O) groups excluding carboxylic acids is 1. The van der Waals surface area contributed by atoms with Crippen molar-refractivity contribution in [2.45, 2.75) is 63.8 Å². The first-order valence-corrected chi connectivity index (χ1v) is 10.0. The first kappa shape index (κ1) is 19.2. The fourth-order valence-electron chi connectivity index (χ4n) is 2.85. The molecule has 0 aliphatic rings. The summed E-state index contributed by atoms with van der Waals surface area (Å²) in [6.45, 7) is 10.0. The van der Waals surface area contributed by atoms with E-state index in [2.05, 4.69) is 5.32 Å². The first-order valence-electron chi connectivity index (χ1n) is 8.55. The molecule has 0 atom stereocenters. The molecule has 0 spiro atoms. The van der Waals surface area contributed by atoms with Crippen LogP contribution in [0.1, 0.15) is 43.5 Å². The number of rotatable bonds is 6. The number of nitrogens with zero attached hydrogens (tertiary/aromatic N) is 1. The number of nitrogens with one attached hydrogen (secondary N) is 1. The Labute approximate surface area is 150 Å². The van der Waals surface area contributed by atoms with Crippen molar-refractivity contribution in [2.75, 3.05) is 5.32 Å². The summed E-state index contributed by atoms with van der Waals surface area (Å²) in [7, 11) is -3.73. The summed E-state index contributed by atoms with van der Waals surface area (Å²) in [6, 6.07) is 6.79. The van der Waals surface area contributed by atoms with Gasteiger partial charge in [0.05, 0.1) is 4.90 Å². The topological polar surface area (TPSA) is 68.2 Å². The third-order valence-corrected chi connectivity index (χ3v) is 6.33. The van der Waals surface area contributed by atoms with E-state index < -0.39 is 9.84 Å². The highest BCUT2D eigenvalue weighted by molar-refractivity contribution is 7.91. The Morgan fingerprint density at radius 1 is 1.08 bits per heavy atom. The minimum atomic E-state index is -3.73. The van der Waals surface area contributed by atoms with E-state index in [1.165, 1.54) is 0 Å². The fraction of sp³-hybridized carbons (Fsp3) is 0.421. The van der Waals surface area contributed by atoms with Gasteiger partial charge in [-0.05, 0) is 44.9 Å². The second-order valence-corrected chi connectivity index (χ2v) is 8.14. The molecular weight excluding hydrogens is 336 g/mol. The van der Waals surface area contributed by atoms with Gasteiger partial charge in [0.2, 0.25) is 15.7 Å². The van der Waals surface area contributed by atoms with Gasteiger partial charge in [-0.2, -0.15) is 0 Å². The number of carbonyl (C=O) groups is 1. The van der Waals surface area contributed by atoms with Gasteiger partial charge < -0.3 is 9.88 Å². The summed E-state index contributed by atoms with van der Waals surface area (Å²) in [6.07, 6.45) is 1.13. The fourth-order valence-corrected chi connectivity index (χ4v) is 4.54. The Morgan fingerprint density at radius 3 is 2.20 bits per heavy atom. The van der Waals surface area contributed by atoms with Gasteiger partial charge in [0.25, 0.3) is 0 Å². The van der Waals surface area contributed by atoms with E-state index in [1.54, 1.807) is 38.1 Å². The average molecular weight is 362 g/mol. The number of hydrogen-bond donors (Lipinski definition) is 1. The average Bonchev–Trinajstić information content (AvgIpc) is 2.80. The van der Waals surface area contributed by atoms with Crippen molar-refractivity contribution in [3.8, 4) is 0 Å². The molecule has 5 nitrogen and oxygen atoms in total. The third kappa shape index (κ3) is 3.63. The predicted molar refractivity (Wildman–Crippen MR) is 99.7 cm³/mol. The van der Waals surface area contributed by atoms with E-state index in [0.29, 0.717) is 24.3 Å². The van der Waals surface area contributed by atoms with Crippen molar-refractivity contribution in [1.82, 2.24) is 4.57 Å². The summed E-state index contributed by atoms with van der Waals surface area (Å²) < 4.78 is 28.4. The number of aromatic nitrogens is 1. The van der Waals surface area contributed by atoms with Crippen molar-refractivity contribution in [1.29, 1.82) is 0 Å². The van der Waals surface area contributed by atoms with Crippen molar-refractivity contribution in [2.24, 2.45) is 0 Å². The molecule has 2 rings (SSSR count). The summed E-state index contributed by atoms with van der Waals surface area (Å²) in [5.74, 6) is 0.180. The molecule has 6 heteroatoms. The number of aryl methyl sites for hydroxylation is 1. The van der Waals surface area contributed by atoms with E-state index in [-0.39, 0.29) is 15.7 Å². The summed E-state index contributed by atoms with van der Waals surface area (Å²) in [4.78, 5) is 12.4. The lowest BCUT2D eigenvalue weighted by atomic mass is 10.2. The Kier molecular flexibility index (Phi) is 5.72. The number of anilines is 1. The van der Waals surface area contributed by atoms with Gasteiger partial charge in [-0.25, -0.2) is 8.42 Å². The highest BCUT2D eigenvalue weighted by Crippen LogP contribution is 2.35. The van der Waals surface area contributed by atoms with Crippen LogP contribution in [0.2, 0.25) is 0 Å². The molecular formula is C19H26N2O3S. The zero-order valence-corrected chi connectivity index (χ0v) is 16.3. The summed E-state index contributed by atoms with van der Waals surface area (Å²) in [5, 5.41) is 2.81. The molecule has 0 saturated heterocycles. The van der Waals surface area contributed by atoms with E-state index in [9.17, 15) is 13.2 Å². The Hall–Kier alpha value is -2.08. The van der Waals surface area contributed by atoms with Crippen molar-refractivity contribution in [3.05, 3.63) is 41.1 Å². The molecule has 0 aliphatic carbocycles. The van der Waals surface area contributed by atoms with E-state index in [0.717, 1.165) is 17.7 Å². The molecule has 0 saturated carbocycles. The van der Waals surface area contributed by atoms with Crippen LogP contribution >= 0.6 is 0 Å². The van der Waals surface area contributed by atoms with Gasteiger partial charge in [0, 0.05) is 18.7 Å². The number of benzene rings is 1. The molecule has 1 heterocycles. The maximum Gasteiger partial charge on any atom is 0.225 e. The van der Waals surface area contributed by atoms with E-state index >= 15 is 0 Å². The molecule has 1 aromatic heterocycles. The molecule has 0 fully saturated rings. The minimum Gasteiger partial charge on any atom is -0.331 e. The second kappa shape index (κ2) is 7.44. The van der Waals surface area contributed by atoms with Gasteiger partial charge in [-0.15, -0.1) is 0 Å². The molecule has 136 valence electrons. The monoisotopic (exact) mass is 362 g/mol. The van der Waals surface area contributed by atoms with Gasteiger partial charge in [0.1, 0.15) is 10.7 Å². The van der Waals surface area contributed by atoms with E-state index in [4.69, 9.17) is 0 Å². The lowest BCUT2D eigenvalue weighted by molar-refractivity contribution is -0.115. The lowest BCUT2D eigenvalue weighted by Crippen LogP contribution is -2.17. The van der Waals surface area contributed by atoms with E-state index in [1.807, 2.05) is 25.3 Å². The molecule has 1 amide bonds. The van der Waals surface area contributed by atoms with Gasteiger partial charge in [-0.3, -0.25) is 4.79 Å². The maximum absolute atomic E-state index is 13.3. The Morgan fingerprint density at radius 2 is 1.68 bits per heavy atom.